The van der Waals surface area contributed by atoms with Gasteiger partial charge in [0.25, 0.3) is 0 Å². The molecule has 29 heavy (non-hydrogen) atoms. The number of aryl methyl sites for hydroxylation is 1. The largest absolute Gasteiger partial charge is 0.467 e. The van der Waals surface area contributed by atoms with E-state index < -0.39 is 5.54 Å². The average Bonchev–Trinajstić information content (AvgIpc) is 2.99. The molecule has 1 aliphatic heterocycles. The van der Waals surface area contributed by atoms with E-state index in [9.17, 15) is 9.18 Å². The molecule has 0 aliphatic carbocycles. The number of hydrazone groups is 1. The second-order valence-electron chi connectivity index (χ2n) is 7.57. The quantitative estimate of drug-likeness (QED) is 0.563. The van der Waals surface area contributed by atoms with Crippen molar-refractivity contribution in [1.82, 2.24) is 0 Å². The maximum atomic E-state index is 13.5. The highest BCUT2D eigenvalue weighted by molar-refractivity contribution is 6.30. The molecule has 0 bridgehead atoms. The molecule has 4 nitrogen and oxygen atoms in total. The summed E-state index contributed by atoms with van der Waals surface area (Å²) in [6, 6.07) is 11.8. The number of nitrogens with zero attached hydrogens (tertiary/aromatic N) is 2. The molecule has 0 amide bonds. The summed E-state index contributed by atoms with van der Waals surface area (Å²) >= 11 is 6.14. The number of unbranched alkanes of at least 4 members (excludes halogenated alkanes) is 1. The fourth-order valence-electron chi connectivity index (χ4n) is 4.00. The molecule has 2 unspecified atom stereocenters. The van der Waals surface area contributed by atoms with Crippen molar-refractivity contribution in [2.45, 2.75) is 45.6 Å². The fourth-order valence-corrected chi connectivity index (χ4v) is 4.22. The zero-order chi connectivity index (χ0) is 21.2. The van der Waals surface area contributed by atoms with Crippen LogP contribution >= 0.6 is 11.6 Å². The number of hydrogen-bond donors (Lipinski definition) is 0. The van der Waals surface area contributed by atoms with Crippen LogP contribution in [0.15, 0.2) is 47.6 Å². The highest BCUT2D eigenvalue weighted by Crippen LogP contribution is 2.43. The molecule has 1 aliphatic rings. The van der Waals surface area contributed by atoms with Crippen LogP contribution in [0.1, 0.15) is 44.2 Å². The lowest BCUT2D eigenvalue weighted by Gasteiger charge is -2.37. The molecular weight excluding hydrogens is 391 g/mol. The molecule has 0 saturated carbocycles. The summed E-state index contributed by atoms with van der Waals surface area (Å²) in [5.74, 6) is -0.858. The van der Waals surface area contributed by atoms with E-state index in [0.29, 0.717) is 5.02 Å². The third kappa shape index (κ3) is 3.88. The first kappa shape index (κ1) is 21.3. The summed E-state index contributed by atoms with van der Waals surface area (Å²) in [6.07, 6.45) is 2.69. The van der Waals surface area contributed by atoms with Crippen molar-refractivity contribution in [2.24, 2.45) is 11.0 Å². The van der Waals surface area contributed by atoms with Crippen LogP contribution in [0.25, 0.3) is 0 Å². The average molecular weight is 417 g/mol. The number of anilines is 1. The molecule has 0 saturated heterocycles. The monoisotopic (exact) mass is 416 g/mol. The van der Waals surface area contributed by atoms with Crippen molar-refractivity contribution in [2.75, 3.05) is 12.1 Å². The van der Waals surface area contributed by atoms with Gasteiger partial charge < -0.3 is 4.74 Å². The molecule has 2 atom stereocenters. The summed E-state index contributed by atoms with van der Waals surface area (Å²) in [5.41, 5.74) is 2.25. The number of methoxy groups -OCH3 is 1. The van der Waals surface area contributed by atoms with Gasteiger partial charge in [-0.25, -0.2) is 14.2 Å². The van der Waals surface area contributed by atoms with E-state index in [1.165, 1.54) is 19.2 Å². The van der Waals surface area contributed by atoms with Gasteiger partial charge in [-0.05, 0) is 61.7 Å². The van der Waals surface area contributed by atoms with Crippen molar-refractivity contribution >= 4 is 29.0 Å². The summed E-state index contributed by atoms with van der Waals surface area (Å²) in [4.78, 5) is 13.1. The molecule has 154 valence electrons. The number of esters is 1. The molecule has 0 radical (unpaired) electrons. The highest BCUT2D eigenvalue weighted by Gasteiger charge is 2.54. The predicted molar refractivity (Wildman–Crippen MR) is 115 cm³/mol. The lowest BCUT2D eigenvalue weighted by atomic mass is 9.77. The Morgan fingerprint density at radius 1 is 1.28 bits per heavy atom. The lowest BCUT2D eigenvalue weighted by molar-refractivity contribution is -0.147. The number of ether oxygens (including phenoxy) is 1. The number of carbonyl (C=O) groups excluding carboxylic acids is 1. The van der Waals surface area contributed by atoms with Crippen LogP contribution in [0.3, 0.4) is 0 Å². The molecule has 2 aromatic rings. The van der Waals surface area contributed by atoms with Crippen molar-refractivity contribution in [3.05, 3.63) is 64.4 Å². The topological polar surface area (TPSA) is 41.9 Å². The van der Waals surface area contributed by atoms with Gasteiger partial charge in [-0.2, -0.15) is 5.10 Å². The Morgan fingerprint density at radius 2 is 1.97 bits per heavy atom. The zero-order valence-electron chi connectivity index (χ0n) is 17.2. The molecule has 0 aromatic heterocycles. The van der Waals surface area contributed by atoms with Crippen molar-refractivity contribution in [3.8, 4) is 0 Å². The summed E-state index contributed by atoms with van der Waals surface area (Å²) in [6.45, 7) is 5.92. The molecular formula is C23H26ClFN2O2. The van der Waals surface area contributed by atoms with Gasteiger partial charge in [0, 0.05) is 10.9 Å². The Labute approximate surface area is 176 Å². The molecule has 0 spiro atoms. The first-order valence-electron chi connectivity index (χ1n) is 9.82. The van der Waals surface area contributed by atoms with Crippen LogP contribution < -0.4 is 5.01 Å². The van der Waals surface area contributed by atoms with Gasteiger partial charge in [0.1, 0.15) is 5.82 Å². The van der Waals surface area contributed by atoms with E-state index in [4.69, 9.17) is 21.4 Å². The minimum Gasteiger partial charge on any atom is -0.467 e. The summed E-state index contributed by atoms with van der Waals surface area (Å²) in [5, 5.41) is 7.26. The van der Waals surface area contributed by atoms with E-state index in [1.807, 2.05) is 26.0 Å². The molecule has 1 heterocycles. The van der Waals surface area contributed by atoms with Gasteiger partial charge in [0.05, 0.1) is 18.5 Å². The van der Waals surface area contributed by atoms with E-state index in [-0.39, 0.29) is 17.7 Å². The number of benzene rings is 2. The zero-order valence-corrected chi connectivity index (χ0v) is 18.0. The Morgan fingerprint density at radius 3 is 2.55 bits per heavy atom. The normalized spacial score (nSPS) is 21.2. The van der Waals surface area contributed by atoms with Gasteiger partial charge >= 0.3 is 5.97 Å². The van der Waals surface area contributed by atoms with Gasteiger partial charge in [-0.3, -0.25) is 0 Å². The second kappa shape index (κ2) is 8.54. The third-order valence-electron chi connectivity index (χ3n) is 5.63. The Bertz CT molecular complexity index is 929. The smallest absolute Gasteiger partial charge is 0.334 e. The molecule has 0 fully saturated rings. The van der Waals surface area contributed by atoms with Crippen LogP contribution in [0, 0.1) is 18.7 Å². The fraction of sp³-hybridized carbons (Fsp3) is 0.391. The van der Waals surface area contributed by atoms with Crippen molar-refractivity contribution in [3.63, 3.8) is 0 Å². The van der Waals surface area contributed by atoms with Crippen molar-refractivity contribution in [1.29, 1.82) is 0 Å². The molecule has 6 heteroatoms. The lowest BCUT2D eigenvalue weighted by Crippen LogP contribution is -2.54. The number of hydrogen-bond acceptors (Lipinski definition) is 4. The van der Waals surface area contributed by atoms with Crippen molar-refractivity contribution < 1.29 is 13.9 Å². The van der Waals surface area contributed by atoms with E-state index in [0.717, 1.165) is 41.8 Å². The summed E-state index contributed by atoms with van der Waals surface area (Å²) in [7, 11) is 1.40. The van der Waals surface area contributed by atoms with Gasteiger partial charge in [0.2, 0.25) is 0 Å². The van der Waals surface area contributed by atoms with Crippen LogP contribution in [0.2, 0.25) is 5.02 Å². The van der Waals surface area contributed by atoms with Gasteiger partial charge in [-0.15, -0.1) is 0 Å². The SMILES string of the molecule is CCCCC1C(c2ccc(F)cc2)=NN(c2ccc(Cl)cc2C)C1(C)C(=O)OC. The minimum atomic E-state index is -1.02. The summed E-state index contributed by atoms with van der Waals surface area (Å²) < 4.78 is 18.7. The number of halogens is 2. The van der Waals surface area contributed by atoms with E-state index >= 15 is 0 Å². The van der Waals surface area contributed by atoms with Crippen LogP contribution in [-0.4, -0.2) is 24.3 Å². The van der Waals surface area contributed by atoms with Gasteiger partial charge in [0.15, 0.2) is 5.54 Å². The number of carbonyl (C=O) groups is 1. The molecule has 0 N–H and O–H groups in total. The van der Waals surface area contributed by atoms with Gasteiger partial charge in [-0.1, -0.05) is 43.5 Å². The van der Waals surface area contributed by atoms with E-state index in [2.05, 4.69) is 6.92 Å². The predicted octanol–water partition coefficient (Wildman–Crippen LogP) is 5.75. The van der Waals surface area contributed by atoms with Crippen LogP contribution in [0.5, 0.6) is 0 Å². The van der Waals surface area contributed by atoms with Crippen LogP contribution in [0.4, 0.5) is 10.1 Å². The Hall–Kier alpha value is -2.40. The number of rotatable bonds is 6. The Balaban J connectivity index is 2.19. The maximum absolute atomic E-state index is 13.5. The van der Waals surface area contributed by atoms with E-state index in [1.54, 1.807) is 23.2 Å². The first-order valence-corrected chi connectivity index (χ1v) is 10.2. The molecule has 2 aromatic carbocycles. The Kier molecular flexibility index (Phi) is 6.27. The minimum absolute atomic E-state index is 0.199. The second-order valence-corrected chi connectivity index (χ2v) is 8.01. The highest BCUT2D eigenvalue weighted by atomic mass is 35.5. The first-order chi connectivity index (χ1) is 13.8. The maximum Gasteiger partial charge on any atom is 0.334 e. The van der Waals surface area contributed by atoms with Crippen LogP contribution in [-0.2, 0) is 9.53 Å². The third-order valence-corrected chi connectivity index (χ3v) is 5.86. The molecule has 3 rings (SSSR count). The standard InChI is InChI=1S/C23H26ClFN2O2/c1-5-6-7-19-21(16-8-11-18(25)12-9-16)26-27(23(19,3)22(28)29-4)20-13-10-17(24)14-15(20)2/h8-14,19H,5-7H2,1-4H3.